The molecule has 0 heterocycles. The summed E-state index contributed by atoms with van der Waals surface area (Å²) >= 11 is 0. The zero-order chi connectivity index (χ0) is 14.8. The van der Waals surface area contributed by atoms with Crippen LogP contribution in [0.4, 0.5) is 0 Å². The van der Waals surface area contributed by atoms with Crippen molar-refractivity contribution >= 4 is 20.2 Å². The van der Waals surface area contributed by atoms with Gasteiger partial charge in [-0.15, -0.1) is 0 Å². The maximum absolute atomic E-state index is 12.0. The third kappa shape index (κ3) is 3.16. The lowest BCUT2D eigenvalue weighted by Crippen LogP contribution is -2.12. The maximum atomic E-state index is 12.0. The van der Waals surface area contributed by atoms with Crippen molar-refractivity contribution in [3.8, 4) is 5.75 Å². The van der Waals surface area contributed by atoms with Crippen molar-refractivity contribution < 1.29 is 25.6 Å². The Balaban J connectivity index is 2.46. The topological polar surface area (TPSA) is 97.7 Å². The van der Waals surface area contributed by atoms with Gasteiger partial charge < -0.3 is 4.18 Å². The average Bonchev–Trinajstić information content (AvgIpc) is 2.39. The van der Waals surface area contributed by atoms with Crippen LogP contribution in [0.3, 0.4) is 0 Å². The van der Waals surface area contributed by atoms with Crippen molar-refractivity contribution in [3.05, 3.63) is 54.6 Å². The predicted molar refractivity (Wildman–Crippen MR) is 70.5 cm³/mol. The molecule has 0 amide bonds. The van der Waals surface area contributed by atoms with Gasteiger partial charge in [0.2, 0.25) is 0 Å². The Morgan fingerprint density at radius 3 is 1.95 bits per heavy atom. The van der Waals surface area contributed by atoms with E-state index in [0.29, 0.717) is 0 Å². The van der Waals surface area contributed by atoms with Crippen LogP contribution in [0.1, 0.15) is 0 Å². The highest BCUT2D eigenvalue weighted by atomic mass is 32.2. The normalized spacial score (nSPS) is 12.1. The van der Waals surface area contributed by atoms with Crippen LogP contribution >= 0.6 is 0 Å². The smallest absolute Gasteiger partial charge is 0.339 e. The molecule has 20 heavy (non-hydrogen) atoms. The van der Waals surface area contributed by atoms with E-state index >= 15 is 0 Å². The van der Waals surface area contributed by atoms with E-state index in [4.69, 9.17) is 8.74 Å². The highest BCUT2D eigenvalue weighted by molar-refractivity contribution is 7.87. The molecule has 0 spiro atoms. The minimum Gasteiger partial charge on any atom is -0.377 e. The quantitative estimate of drug-likeness (QED) is 0.681. The fourth-order valence-electron chi connectivity index (χ4n) is 1.49. The number of rotatable bonds is 4. The first-order valence-corrected chi connectivity index (χ1v) is 8.21. The summed E-state index contributed by atoms with van der Waals surface area (Å²) in [7, 11) is -8.75. The van der Waals surface area contributed by atoms with Crippen molar-refractivity contribution in [2.75, 3.05) is 0 Å². The van der Waals surface area contributed by atoms with Crippen LogP contribution < -0.4 is 4.18 Å². The molecule has 0 saturated carbocycles. The number of para-hydroxylation sites is 1. The molecule has 106 valence electrons. The lowest BCUT2D eigenvalue weighted by Gasteiger charge is -2.09. The third-order valence-corrected chi connectivity index (χ3v) is 4.50. The Kier molecular flexibility index (Phi) is 3.80. The first kappa shape index (κ1) is 14.5. The largest absolute Gasteiger partial charge is 0.377 e. The molecule has 2 aromatic rings. The van der Waals surface area contributed by atoms with Crippen molar-refractivity contribution in [2.24, 2.45) is 0 Å². The Hall–Kier alpha value is -1.90. The summed E-state index contributed by atoms with van der Waals surface area (Å²) in [5.74, 6) is -0.459. The summed E-state index contributed by atoms with van der Waals surface area (Å²) in [5.41, 5.74) is 0. The fraction of sp³-hybridized carbons (Fsp3) is 0. The van der Waals surface area contributed by atoms with Gasteiger partial charge in [0.05, 0.1) is 0 Å². The van der Waals surface area contributed by atoms with Gasteiger partial charge in [0, 0.05) is 0 Å². The molecule has 0 bridgehead atoms. The molecule has 0 unspecified atom stereocenters. The number of hydrogen-bond donors (Lipinski definition) is 1. The summed E-state index contributed by atoms with van der Waals surface area (Å²) < 4.78 is 60.1. The molecule has 0 saturated heterocycles. The zero-order valence-electron chi connectivity index (χ0n) is 10.0. The molecule has 6 nitrogen and oxygen atoms in total. The van der Waals surface area contributed by atoms with Crippen LogP contribution in [0, 0.1) is 0 Å². The van der Waals surface area contributed by atoms with Gasteiger partial charge in [-0.2, -0.15) is 16.8 Å². The summed E-state index contributed by atoms with van der Waals surface area (Å²) in [6.07, 6.45) is 0. The predicted octanol–water partition coefficient (Wildman–Crippen LogP) is 1.70. The van der Waals surface area contributed by atoms with Gasteiger partial charge in [-0.05, 0) is 24.3 Å². The summed E-state index contributed by atoms with van der Waals surface area (Å²) in [6, 6.07) is 12.2. The van der Waals surface area contributed by atoms with Gasteiger partial charge in [-0.3, -0.25) is 4.55 Å². The molecule has 1 N–H and O–H groups in total. The molecule has 0 atom stereocenters. The van der Waals surface area contributed by atoms with Crippen LogP contribution in [0.25, 0.3) is 0 Å². The first-order valence-electron chi connectivity index (χ1n) is 5.37. The van der Waals surface area contributed by atoms with Crippen LogP contribution in [0.15, 0.2) is 64.4 Å². The average molecular weight is 314 g/mol. The van der Waals surface area contributed by atoms with Gasteiger partial charge >= 0.3 is 10.1 Å². The second kappa shape index (κ2) is 5.23. The van der Waals surface area contributed by atoms with Crippen LogP contribution in [-0.4, -0.2) is 21.4 Å². The number of benzene rings is 2. The molecule has 0 aliphatic rings. The molecule has 0 aliphatic carbocycles. The molecule has 8 heteroatoms. The SMILES string of the molecule is O=S(=O)(O)c1ccccc1OS(=O)(=O)c1ccccc1. The Bertz CT molecular complexity index is 810. The van der Waals surface area contributed by atoms with Crippen LogP contribution in [0.2, 0.25) is 0 Å². The van der Waals surface area contributed by atoms with E-state index in [1.54, 1.807) is 6.07 Å². The van der Waals surface area contributed by atoms with Crippen molar-refractivity contribution in [1.29, 1.82) is 0 Å². The molecular weight excluding hydrogens is 304 g/mol. The molecular formula is C12H10O6S2. The van der Waals surface area contributed by atoms with E-state index in [0.717, 1.165) is 12.1 Å². The molecule has 0 fully saturated rings. The lowest BCUT2D eigenvalue weighted by atomic mass is 10.3. The van der Waals surface area contributed by atoms with Crippen LogP contribution in [0.5, 0.6) is 5.75 Å². The van der Waals surface area contributed by atoms with Crippen molar-refractivity contribution in [3.63, 3.8) is 0 Å². The van der Waals surface area contributed by atoms with Crippen molar-refractivity contribution in [1.82, 2.24) is 0 Å². The standard InChI is InChI=1S/C12H10O6S2/c13-19(14,15)12-9-5-4-8-11(12)18-20(16,17)10-6-2-1-3-7-10/h1-9H,(H,13,14,15). The van der Waals surface area contributed by atoms with Gasteiger partial charge in [-0.25, -0.2) is 0 Å². The van der Waals surface area contributed by atoms with Gasteiger partial charge in [-0.1, -0.05) is 30.3 Å². The van der Waals surface area contributed by atoms with Crippen LogP contribution in [-0.2, 0) is 20.2 Å². The third-order valence-electron chi connectivity index (χ3n) is 2.36. The van der Waals surface area contributed by atoms with E-state index in [1.807, 2.05) is 0 Å². The van der Waals surface area contributed by atoms with Gasteiger partial charge in [0.25, 0.3) is 10.1 Å². The van der Waals surface area contributed by atoms with E-state index < -0.39 is 30.9 Å². The monoisotopic (exact) mass is 314 g/mol. The summed E-state index contributed by atoms with van der Waals surface area (Å²) in [6.45, 7) is 0. The van der Waals surface area contributed by atoms with E-state index in [9.17, 15) is 16.8 Å². The number of hydrogen-bond acceptors (Lipinski definition) is 5. The molecule has 2 rings (SSSR count). The highest BCUT2D eigenvalue weighted by Gasteiger charge is 2.22. The fourth-order valence-corrected chi connectivity index (χ4v) is 3.12. The summed E-state index contributed by atoms with van der Waals surface area (Å²) in [5, 5.41) is 0. The van der Waals surface area contributed by atoms with Gasteiger partial charge in [0.15, 0.2) is 5.75 Å². The molecule has 0 radical (unpaired) electrons. The Labute approximate surface area is 116 Å². The second-order valence-corrected chi connectivity index (χ2v) is 6.71. The van der Waals surface area contributed by atoms with E-state index in [-0.39, 0.29) is 4.90 Å². The van der Waals surface area contributed by atoms with E-state index in [1.165, 1.54) is 36.4 Å². The maximum Gasteiger partial charge on any atom is 0.339 e. The Morgan fingerprint density at radius 1 is 0.800 bits per heavy atom. The van der Waals surface area contributed by atoms with Gasteiger partial charge in [0.1, 0.15) is 9.79 Å². The minimum absolute atomic E-state index is 0.120. The Morgan fingerprint density at radius 2 is 1.35 bits per heavy atom. The second-order valence-electron chi connectivity index (χ2n) is 3.77. The molecule has 0 aromatic heterocycles. The van der Waals surface area contributed by atoms with E-state index in [2.05, 4.69) is 0 Å². The molecule has 2 aromatic carbocycles. The lowest BCUT2D eigenvalue weighted by molar-refractivity contribution is 0.463. The zero-order valence-corrected chi connectivity index (χ0v) is 11.6. The molecule has 0 aliphatic heterocycles. The first-order chi connectivity index (χ1) is 9.31. The highest BCUT2D eigenvalue weighted by Crippen LogP contribution is 2.26. The van der Waals surface area contributed by atoms with Crippen molar-refractivity contribution in [2.45, 2.75) is 9.79 Å². The minimum atomic E-state index is -4.58. The summed E-state index contributed by atoms with van der Waals surface area (Å²) in [4.78, 5) is -0.732.